The first kappa shape index (κ1) is 22.6. The zero-order chi connectivity index (χ0) is 25.7. The van der Waals surface area contributed by atoms with Gasteiger partial charge in [0.25, 0.3) is 11.6 Å². The molecule has 184 valence electrons. The number of nitro benzene ring substituents is 1. The van der Waals surface area contributed by atoms with Crippen LogP contribution in [-0.2, 0) is 14.4 Å². The Morgan fingerprint density at radius 1 is 0.811 bits per heavy atom. The molecule has 10 heteroatoms. The summed E-state index contributed by atoms with van der Waals surface area (Å²) in [5.74, 6) is -2.02. The van der Waals surface area contributed by atoms with E-state index < -0.39 is 40.6 Å². The van der Waals surface area contributed by atoms with E-state index in [1.807, 2.05) is 6.07 Å². The Morgan fingerprint density at radius 2 is 1.51 bits per heavy atom. The highest BCUT2D eigenvalue weighted by molar-refractivity contribution is 6.23. The minimum absolute atomic E-state index is 0.126. The van der Waals surface area contributed by atoms with E-state index in [4.69, 9.17) is 9.25 Å². The van der Waals surface area contributed by atoms with Gasteiger partial charge in [0.2, 0.25) is 5.91 Å². The quantitative estimate of drug-likeness (QED) is 0.215. The van der Waals surface area contributed by atoms with E-state index >= 15 is 0 Å². The van der Waals surface area contributed by atoms with Crippen molar-refractivity contribution in [2.24, 2.45) is 5.92 Å². The van der Waals surface area contributed by atoms with E-state index in [1.54, 1.807) is 54.6 Å². The lowest BCUT2D eigenvalue weighted by molar-refractivity contribution is -0.384. The Morgan fingerprint density at radius 3 is 2.24 bits per heavy atom. The normalized spacial score (nSPS) is 20.9. The summed E-state index contributed by atoms with van der Waals surface area (Å²) in [6, 6.07) is 22.5. The van der Waals surface area contributed by atoms with Crippen molar-refractivity contribution in [1.29, 1.82) is 0 Å². The van der Waals surface area contributed by atoms with Crippen LogP contribution in [0, 0.1) is 21.8 Å². The van der Waals surface area contributed by atoms with Crippen LogP contribution in [0.25, 0.3) is 11.3 Å². The van der Waals surface area contributed by atoms with Gasteiger partial charge >= 0.3 is 0 Å². The van der Waals surface area contributed by atoms with Gasteiger partial charge in [-0.3, -0.25) is 24.5 Å². The zero-order valence-electron chi connectivity index (χ0n) is 19.1. The number of para-hydroxylation sites is 2. The molecule has 2 amide bonds. The smallest absolute Gasteiger partial charge is 0.280 e. The number of carbonyl (C=O) groups is 2. The molecule has 0 saturated carbocycles. The molecule has 0 radical (unpaired) electrons. The third-order valence-electron chi connectivity index (χ3n) is 6.50. The molecule has 9 nitrogen and oxygen atoms in total. The number of hydroxylamine groups is 1. The summed E-state index contributed by atoms with van der Waals surface area (Å²) >= 11 is 0. The summed E-state index contributed by atoms with van der Waals surface area (Å²) in [6.45, 7) is 0. The van der Waals surface area contributed by atoms with Gasteiger partial charge in [0.15, 0.2) is 6.10 Å². The number of anilines is 2. The van der Waals surface area contributed by atoms with E-state index in [0.717, 1.165) is 4.90 Å². The predicted molar refractivity (Wildman–Crippen MR) is 130 cm³/mol. The van der Waals surface area contributed by atoms with Crippen molar-refractivity contribution in [1.82, 2.24) is 0 Å². The average molecular weight is 499 g/mol. The molecular weight excluding hydrogens is 481 g/mol. The van der Waals surface area contributed by atoms with E-state index in [2.05, 4.69) is 0 Å². The number of imide groups is 1. The Labute approximate surface area is 209 Å². The van der Waals surface area contributed by atoms with Gasteiger partial charge < -0.3 is 4.42 Å². The molecule has 0 aliphatic carbocycles. The van der Waals surface area contributed by atoms with Crippen LogP contribution in [0.3, 0.4) is 0 Å². The van der Waals surface area contributed by atoms with Crippen LogP contribution in [0.2, 0.25) is 0 Å². The number of hydrogen-bond acceptors (Lipinski definition) is 7. The van der Waals surface area contributed by atoms with Crippen molar-refractivity contribution in [2.45, 2.75) is 12.1 Å². The van der Waals surface area contributed by atoms with Crippen molar-refractivity contribution in [3.63, 3.8) is 0 Å². The van der Waals surface area contributed by atoms with Crippen LogP contribution < -0.4 is 9.96 Å². The number of hydrogen-bond donors (Lipinski definition) is 0. The number of amides is 2. The minimum Gasteiger partial charge on any atom is -0.458 e. The molecule has 2 aliphatic heterocycles. The third kappa shape index (κ3) is 3.66. The molecule has 2 saturated heterocycles. The Balaban J connectivity index is 1.43. The number of nitrogens with zero attached hydrogens (tertiary/aromatic N) is 3. The first-order valence-electron chi connectivity index (χ1n) is 11.4. The molecular formula is C27H18FN3O6. The van der Waals surface area contributed by atoms with E-state index in [1.165, 1.54) is 35.4 Å². The molecule has 37 heavy (non-hydrogen) atoms. The monoisotopic (exact) mass is 499 g/mol. The lowest BCUT2D eigenvalue weighted by Crippen LogP contribution is -2.37. The minimum atomic E-state index is -1.14. The molecule has 3 atom stereocenters. The number of furan rings is 1. The Bertz CT molecular complexity index is 1520. The topological polar surface area (TPSA) is 106 Å². The molecule has 2 fully saturated rings. The van der Waals surface area contributed by atoms with Gasteiger partial charge in [0.05, 0.1) is 21.9 Å². The zero-order valence-corrected chi connectivity index (χ0v) is 19.1. The van der Waals surface area contributed by atoms with Crippen LogP contribution in [0.4, 0.5) is 21.5 Å². The van der Waals surface area contributed by atoms with Crippen molar-refractivity contribution >= 4 is 28.9 Å². The maximum atomic E-state index is 13.6. The molecule has 6 rings (SSSR count). The van der Waals surface area contributed by atoms with Crippen LogP contribution in [0.1, 0.15) is 11.8 Å². The average Bonchev–Trinajstić information content (AvgIpc) is 3.60. The lowest BCUT2D eigenvalue weighted by Gasteiger charge is -2.27. The molecule has 0 N–H and O–H groups in total. The number of fused-ring (bicyclic) bond motifs is 1. The standard InChI is InChI=1S/C27H18FN3O6/c28-16-10-12-17(13-11-16)29-26(32)23-24(30(37-25(23)27(29)33)18-6-2-1-3-7-18)22-15-14-21(36-22)19-8-4-5-9-20(19)31(34)35/h1-15,23-25H/t23-,24-,25-/m1/s1. The molecule has 2 aliphatic rings. The van der Waals surface area contributed by atoms with E-state index in [9.17, 15) is 24.1 Å². The molecule has 4 aromatic rings. The van der Waals surface area contributed by atoms with Gasteiger partial charge in [-0.25, -0.2) is 14.4 Å². The van der Waals surface area contributed by atoms with Gasteiger partial charge in [-0.2, -0.15) is 0 Å². The Kier molecular flexibility index (Phi) is 5.31. The summed E-state index contributed by atoms with van der Waals surface area (Å²) in [5.41, 5.74) is 0.986. The first-order valence-corrected chi connectivity index (χ1v) is 11.4. The highest BCUT2D eigenvalue weighted by Crippen LogP contribution is 2.48. The third-order valence-corrected chi connectivity index (χ3v) is 6.50. The summed E-state index contributed by atoms with van der Waals surface area (Å²) in [6.07, 6.45) is -1.14. The molecule has 3 aromatic carbocycles. The number of carbonyl (C=O) groups excluding carboxylic acids is 2. The highest BCUT2D eigenvalue weighted by atomic mass is 19.1. The fraction of sp³-hybridized carbons (Fsp3) is 0.111. The molecule has 0 unspecified atom stereocenters. The van der Waals surface area contributed by atoms with Gasteiger partial charge in [-0.1, -0.05) is 30.3 Å². The second-order valence-corrected chi connectivity index (χ2v) is 8.62. The second-order valence-electron chi connectivity index (χ2n) is 8.62. The summed E-state index contributed by atoms with van der Waals surface area (Å²) in [7, 11) is 0. The van der Waals surface area contributed by atoms with Crippen molar-refractivity contribution in [2.75, 3.05) is 9.96 Å². The largest absolute Gasteiger partial charge is 0.458 e. The predicted octanol–water partition coefficient (Wildman–Crippen LogP) is 5.05. The van der Waals surface area contributed by atoms with Gasteiger partial charge in [-0.05, 0) is 54.6 Å². The van der Waals surface area contributed by atoms with Gasteiger partial charge in [0.1, 0.15) is 29.3 Å². The molecule has 0 spiro atoms. The maximum Gasteiger partial charge on any atom is 0.280 e. The molecule has 3 heterocycles. The van der Waals surface area contributed by atoms with Crippen LogP contribution in [-0.4, -0.2) is 22.8 Å². The van der Waals surface area contributed by atoms with Crippen LogP contribution >= 0.6 is 0 Å². The van der Waals surface area contributed by atoms with Crippen molar-refractivity contribution < 1.29 is 28.2 Å². The van der Waals surface area contributed by atoms with Gasteiger partial charge in [0, 0.05) is 6.07 Å². The van der Waals surface area contributed by atoms with Crippen LogP contribution in [0.5, 0.6) is 0 Å². The van der Waals surface area contributed by atoms with Gasteiger partial charge in [-0.15, -0.1) is 0 Å². The van der Waals surface area contributed by atoms with Crippen molar-refractivity contribution in [3.05, 3.63) is 113 Å². The van der Waals surface area contributed by atoms with E-state index in [-0.39, 0.29) is 22.7 Å². The summed E-state index contributed by atoms with van der Waals surface area (Å²) < 4.78 is 19.6. The molecule has 0 bridgehead atoms. The second kappa shape index (κ2) is 8.68. The number of halogens is 1. The fourth-order valence-corrected chi connectivity index (χ4v) is 4.84. The maximum absolute atomic E-state index is 13.6. The SMILES string of the molecule is O=C1[C@@H]2[C@@H](c3ccc(-c4ccccc4[N+](=O)[O-])o3)N(c3ccccc3)O[C@H]2C(=O)N1c1ccc(F)cc1. The number of nitro groups is 1. The van der Waals surface area contributed by atoms with Crippen LogP contribution in [0.15, 0.2) is 95.4 Å². The number of benzene rings is 3. The summed E-state index contributed by atoms with van der Waals surface area (Å²) in [5, 5.41) is 13.0. The molecule has 1 aromatic heterocycles. The van der Waals surface area contributed by atoms with Crippen molar-refractivity contribution in [3.8, 4) is 11.3 Å². The number of rotatable bonds is 5. The van der Waals surface area contributed by atoms with E-state index in [0.29, 0.717) is 11.4 Å². The summed E-state index contributed by atoms with van der Waals surface area (Å²) in [4.78, 5) is 45.1. The highest BCUT2D eigenvalue weighted by Gasteiger charge is 2.61. The first-order chi connectivity index (χ1) is 17.9. The fourth-order valence-electron chi connectivity index (χ4n) is 4.84. The Hall–Kier alpha value is -4.83. The lowest BCUT2D eigenvalue weighted by atomic mass is 9.94.